The number of amides is 1. The topological polar surface area (TPSA) is 85.1 Å². The van der Waals surface area contributed by atoms with E-state index in [1.807, 2.05) is 0 Å². The lowest BCUT2D eigenvalue weighted by Gasteiger charge is -2.19. The number of carbonyl (C=O) groups excluding carboxylic acids is 1. The summed E-state index contributed by atoms with van der Waals surface area (Å²) in [7, 11) is 0. The fourth-order valence-corrected chi connectivity index (χ4v) is 3.59. The standard InChI is InChI=1S/C22H23N3O3S/c1-22(2,3)17-10-7-15(8-11-17)9-12-20(26)24-21-23-19(14-29-21)16-5-4-6-18(13-16)25(27)28/h4-8,10-11,13-14H,9,12H2,1-3H3,(H,23,24,26). The second-order valence-electron chi connectivity index (χ2n) is 7.84. The predicted octanol–water partition coefficient (Wildman–Crippen LogP) is 5.59. The van der Waals surface area contributed by atoms with Gasteiger partial charge in [-0.1, -0.05) is 57.2 Å². The number of carbonyl (C=O) groups is 1. The van der Waals surface area contributed by atoms with Gasteiger partial charge < -0.3 is 5.32 Å². The summed E-state index contributed by atoms with van der Waals surface area (Å²) in [6, 6.07) is 14.6. The van der Waals surface area contributed by atoms with Gasteiger partial charge in [-0.25, -0.2) is 4.98 Å². The van der Waals surface area contributed by atoms with E-state index in [1.165, 1.54) is 29.0 Å². The van der Waals surface area contributed by atoms with Crippen molar-refractivity contribution in [2.75, 3.05) is 5.32 Å². The number of hydrogen-bond acceptors (Lipinski definition) is 5. The van der Waals surface area contributed by atoms with Crippen molar-refractivity contribution in [3.63, 3.8) is 0 Å². The zero-order valence-corrected chi connectivity index (χ0v) is 17.5. The molecule has 0 fully saturated rings. The van der Waals surface area contributed by atoms with Crippen LogP contribution in [0.2, 0.25) is 0 Å². The van der Waals surface area contributed by atoms with E-state index in [2.05, 4.69) is 55.3 Å². The molecule has 0 spiro atoms. The number of hydrogen-bond donors (Lipinski definition) is 1. The maximum atomic E-state index is 12.3. The van der Waals surface area contributed by atoms with Crippen LogP contribution in [-0.2, 0) is 16.6 Å². The lowest BCUT2D eigenvalue weighted by atomic mass is 9.86. The van der Waals surface area contributed by atoms with Crippen molar-refractivity contribution in [3.05, 3.63) is 75.2 Å². The maximum Gasteiger partial charge on any atom is 0.270 e. The molecule has 7 heteroatoms. The van der Waals surface area contributed by atoms with E-state index < -0.39 is 4.92 Å². The summed E-state index contributed by atoms with van der Waals surface area (Å²) >= 11 is 1.30. The molecule has 1 amide bonds. The Morgan fingerprint density at radius 3 is 2.55 bits per heavy atom. The Morgan fingerprint density at radius 1 is 1.17 bits per heavy atom. The molecule has 1 heterocycles. The Labute approximate surface area is 173 Å². The Bertz CT molecular complexity index is 1020. The highest BCUT2D eigenvalue weighted by atomic mass is 32.1. The molecule has 0 aliphatic carbocycles. The van der Waals surface area contributed by atoms with Crippen LogP contribution in [0.25, 0.3) is 11.3 Å². The van der Waals surface area contributed by atoms with E-state index in [0.717, 1.165) is 5.56 Å². The van der Waals surface area contributed by atoms with Gasteiger partial charge in [0, 0.05) is 29.5 Å². The number of non-ortho nitro benzene ring substituents is 1. The third-order valence-corrected chi connectivity index (χ3v) is 5.32. The normalized spacial score (nSPS) is 11.3. The second kappa shape index (κ2) is 8.53. The third-order valence-electron chi connectivity index (χ3n) is 4.56. The molecule has 29 heavy (non-hydrogen) atoms. The number of aryl methyl sites for hydroxylation is 1. The molecule has 2 aromatic carbocycles. The minimum Gasteiger partial charge on any atom is -0.302 e. The molecule has 0 atom stereocenters. The number of nitro groups is 1. The number of benzene rings is 2. The molecule has 150 valence electrons. The van der Waals surface area contributed by atoms with Crippen molar-refractivity contribution in [2.24, 2.45) is 0 Å². The number of thiazole rings is 1. The number of nitro benzene ring substituents is 1. The van der Waals surface area contributed by atoms with Crippen molar-refractivity contribution < 1.29 is 9.72 Å². The zero-order chi connectivity index (χ0) is 21.0. The van der Waals surface area contributed by atoms with Gasteiger partial charge in [-0.3, -0.25) is 14.9 Å². The molecule has 1 N–H and O–H groups in total. The Balaban J connectivity index is 1.58. The highest BCUT2D eigenvalue weighted by Gasteiger charge is 2.14. The maximum absolute atomic E-state index is 12.3. The van der Waals surface area contributed by atoms with E-state index in [0.29, 0.717) is 29.2 Å². The summed E-state index contributed by atoms with van der Waals surface area (Å²) in [5, 5.41) is 16.0. The SMILES string of the molecule is CC(C)(C)c1ccc(CCC(=O)Nc2nc(-c3cccc([N+](=O)[O-])c3)cs2)cc1. The van der Waals surface area contributed by atoms with Gasteiger partial charge in [0.15, 0.2) is 5.13 Å². The first-order chi connectivity index (χ1) is 13.7. The number of aromatic nitrogens is 1. The Hall–Kier alpha value is -3.06. The summed E-state index contributed by atoms with van der Waals surface area (Å²) in [6.07, 6.45) is 1.01. The number of rotatable bonds is 6. The number of anilines is 1. The summed E-state index contributed by atoms with van der Waals surface area (Å²) in [5.74, 6) is -0.107. The van der Waals surface area contributed by atoms with Crippen LogP contribution in [0.15, 0.2) is 53.9 Å². The fraction of sp³-hybridized carbons (Fsp3) is 0.273. The largest absolute Gasteiger partial charge is 0.302 e. The highest BCUT2D eigenvalue weighted by molar-refractivity contribution is 7.14. The Kier molecular flexibility index (Phi) is 6.08. The minimum absolute atomic E-state index is 0.0126. The molecular weight excluding hydrogens is 386 g/mol. The highest BCUT2D eigenvalue weighted by Crippen LogP contribution is 2.27. The molecule has 3 aromatic rings. The molecule has 0 radical (unpaired) electrons. The van der Waals surface area contributed by atoms with Gasteiger partial charge in [-0.2, -0.15) is 0 Å². The van der Waals surface area contributed by atoms with Gasteiger partial charge in [0.25, 0.3) is 5.69 Å². The smallest absolute Gasteiger partial charge is 0.270 e. The van der Waals surface area contributed by atoms with Crippen molar-refractivity contribution in [1.82, 2.24) is 4.98 Å². The van der Waals surface area contributed by atoms with Crippen molar-refractivity contribution in [2.45, 2.75) is 39.0 Å². The van der Waals surface area contributed by atoms with Gasteiger partial charge in [-0.05, 0) is 23.0 Å². The lowest BCUT2D eigenvalue weighted by molar-refractivity contribution is -0.384. The van der Waals surface area contributed by atoms with E-state index in [-0.39, 0.29) is 17.0 Å². The monoisotopic (exact) mass is 409 g/mol. The molecular formula is C22H23N3O3S. The molecule has 1 aromatic heterocycles. The van der Waals surface area contributed by atoms with Crippen LogP contribution in [0, 0.1) is 10.1 Å². The quantitative estimate of drug-likeness (QED) is 0.425. The summed E-state index contributed by atoms with van der Waals surface area (Å²) in [4.78, 5) is 27.1. The molecule has 3 rings (SSSR count). The first-order valence-corrected chi connectivity index (χ1v) is 10.2. The fourth-order valence-electron chi connectivity index (χ4n) is 2.85. The van der Waals surface area contributed by atoms with Crippen LogP contribution in [0.4, 0.5) is 10.8 Å². The van der Waals surface area contributed by atoms with Crippen LogP contribution >= 0.6 is 11.3 Å². The van der Waals surface area contributed by atoms with Crippen LogP contribution in [0.5, 0.6) is 0 Å². The summed E-state index contributed by atoms with van der Waals surface area (Å²) in [6.45, 7) is 6.52. The van der Waals surface area contributed by atoms with Gasteiger partial charge in [0.05, 0.1) is 10.6 Å². The van der Waals surface area contributed by atoms with Crippen molar-refractivity contribution >= 4 is 28.1 Å². The first kappa shape index (κ1) is 20.7. The second-order valence-corrected chi connectivity index (χ2v) is 8.70. The molecule has 6 nitrogen and oxygen atoms in total. The van der Waals surface area contributed by atoms with E-state index in [9.17, 15) is 14.9 Å². The Morgan fingerprint density at radius 2 is 1.90 bits per heavy atom. The van der Waals surface area contributed by atoms with Crippen LogP contribution in [0.3, 0.4) is 0 Å². The van der Waals surface area contributed by atoms with Gasteiger partial charge in [0.2, 0.25) is 5.91 Å². The molecule has 0 saturated carbocycles. The van der Waals surface area contributed by atoms with Crippen molar-refractivity contribution in [3.8, 4) is 11.3 Å². The minimum atomic E-state index is -0.438. The van der Waals surface area contributed by atoms with E-state index >= 15 is 0 Å². The van der Waals surface area contributed by atoms with Gasteiger partial charge in [0.1, 0.15) is 0 Å². The molecule has 0 aliphatic rings. The zero-order valence-electron chi connectivity index (χ0n) is 16.6. The van der Waals surface area contributed by atoms with Gasteiger partial charge in [-0.15, -0.1) is 11.3 Å². The van der Waals surface area contributed by atoms with Crippen LogP contribution in [0.1, 0.15) is 38.3 Å². The molecule has 0 unspecified atom stereocenters. The summed E-state index contributed by atoms with van der Waals surface area (Å²) in [5.41, 5.74) is 3.75. The van der Waals surface area contributed by atoms with Crippen LogP contribution in [-0.4, -0.2) is 15.8 Å². The van der Waals surface area contributed by atoms with E-state index in [1.54, 1.807) is 17.5 Å². The molecule has 0 aliphatic heterocycles. The molecule has 0 bridgehead atoms. The average Bonchev–Trinajstić information content (AvgIpc) is 3.14. The van der Waals surface area contributed by atoms with E-state index in [4.69, 9.17) is 0 Å². The molecule has 0 saturated heterocycles. The average molecular weight is 410 g/mol. The number of nitrogens with zero attached hydrogens (tertiary/aromatic N) is 2. The van der Waals surface area contributed by atoms with Gasteiger partial charge >= 0.3 is 0 Å². The van der Waals surface area contributed by atoms with Crippen molar-refractivity contribution in [1.29, 1.82) is 0 Å². The predicted molar refractivity (Wildman–Crippen MR) is 116 cm³/mol. The number of nitrogens with one attached hydrogen (secondary N) is 1. The summed E-state index contributed by atoms with van der Waals surface area (Å²) < 4.78 is 0. The first-order valence-electron chi connectivity index (χ1n) is 9.32. The van der Waals surface area contributed by atoms with Crippen LogP contribution < -0.4 is 5.32 Å². The lowest BCUT2D eigenvalue weighted by Crippen LogP contribution is -2.13. The third kappa shape index (κ3) is 5.48.